The normalized spacial score (nSPS) is 10.8. The number of aryl methyl sites for hydroxylation is 3. The van der Waals surface area contributed by atoms with E-state index in [0.717, 1.165) is 28.7 Å². The second kappa shape index (κ2) is 11.5. The van der Waals surface area contributed by atoms with Crippen molar-refractivity contribution in [2.75, 3.05) is 11.4 Å². The standard InChI is InChI=1S/C29H26N4O2S.ClH/c1-20-17-21(2)26-25(18-20)36-29(31-26)33(15-6-14-32-16-13-30-19-32)28(35)24-11-9-23(10-12-24)27(34)22-7-4-3-5-8-22;/h3-5,7-13,16-19H,6,14-15H2,1-2H3;1H. The number of rotatable bonds is 8. The van der Waals surface area contributed by atoms with Crippen LogP contribution in [-0.2, 0) is 6.54 Å². The van der Waals surface area contributed by atoms with E-state index in [9.17, 15) is 9.59 Å². The van der Waals surface area contributed by atoms with Crippen LogP contribution in [0.3, 0.4) is 0 Å². The van der Waals surface area contributed by atoms with Crippen LogP contribution in [0.15, 0.2) is 85.5 Å². The summed E-state index contributed by atoms with van der Waals surface area (Å²) in [6.07, 6.45) is 6.19. The number of aromatic nitrogens is 3. The summed E-state index contributed by atoms with van der Waals surface area (Å²) in [5.41, 5.74) is 4.90. The molecule has 0 atom stereocenters. The van der Waals surface area contributed by atoms with E-state index in [1.807, 2.05) is 35.9 Å². The molecule has 1 amide bonds. The number of benzene rings is 3. The molecule has 0 radical (unpaired) electrons. The zero-order chi connectivity index (χ0) is 25.1. The minimum atomic E-state index is -0.132. The molecule has 0 spiro atoms. The predicted molar refractivity (Wildman–Crippen MR) is 151 cm³/mol. The van der Waals surface area contributed by atoms with Crippen molar-refractivity contribution >= 4 is 50.8 Å². The smallest absolute Gasteiger partial charge is 0.260 e. The maximum Gasteiger partial charge on any atom is 0.260 e. The van der Waals surface area contributed by atoms with Gasteiger partial charge in [0.15, 0.2) is 10.9 Å². The first kappa shape index (κ1) is 26.3. The highest BCUT2D eigenvalue weighted by molar-refractivity contribution is 7.22. The molecule has 0 fully saturated rings. The molecule has 2 heterocycles. The molecule has 0 aliphatic heterocycles. The Morgan fingerprint density at radius 1 is 0.946 bits per heavy atom. The monoisotopic (exact) mass is 530 g/mol. The highest BCUT2D eigenvalue weighted by atomic mass is 35.5. The molecule has 5 aromatic rings. The molecule has 0 saturated heterocycles. The Morgan fingerprint density at radius 3 is 2.35 bits per heavy atom. The van der Waals surface area contributed by atoms with E-state index in [4.69, 9.17) is 4.98 Å². The Balaban J connectivity index is 0.00000320. The average Bonchev–Trinajstić information content (AvgIpc) is 3.57. The quantitative estimate of drug-likeness (QED) is 0.215. The highest BCUT2D eigenvalue weighted by Crippen LogP contribution is 2.32. The summed E-state index contributed by atoms with van der Waals surface area (Å²) in [6.45, 7) is 5.38. The van der Waals surface area contributed by atoms with Gasteiger partial charge in [-0.3, -0.25) is 14.5 Å². The van der Waals surface area contributed by atoms with Crippen molar-refractivity contribution < 1.29 is 9.59 Å². The first-order valence-electron chi connectivity index (χ1n) is 11.8. The van der Waals surface area contributed by atoms with Gasteiger partial charge in [0.05, 0.1) is 16.5 Å². The Bertz CT molecular complexity index is 1510. The van der Waals surface area contributed by atoms with E-state index in [2.05, 4.69) is 24.0 Å². The first-order chi connectivity index (χ1) is 17.5. The van der Waals surface area contributed by atoms with Gasteiger partial charge in [-0.25, -0.2) is 9.97 Å². The fourth-order valence-corrected chi connectivity index (χ4v) is 5.43. The summed E-state index contributed by atoms with van der Waals surface area (Å²) in [6, 6.07) is 20.3. The van der Waals surface area contributed by atoms with Gasteiger partial charge >= 0.3 is 0 Å². The van der Waals surface area contributed by atoms with Crippen LogP contribution in [0.5, 0.6) is 0 Å². The molecule has 0 aliphatic carbocycles. The molecule has 3 aromatic carbocycles. The third-order valence-electron chi connectivity index (χ3n) is 6.08. The number of nitrogens with zero attached hydrogens (tertiary/aromatic N) is 4. The van der Waals surface area contributed by atoms with Gasteiger partial charge in [-0.05, 0) is 49.6 Å². The van der Waals surface area contributed by atoms with E-state index in [1.165, 1.54) is 16.9 Å². The lowest BCUT2D eigenvalue weighted by molar-refractivity contribution is 0.0984. The maximum absolute atomic E-state index is 13.7. The highest BCUT2D eigenvalue weighted by Gasteiger charge is 2.22. The van der Waals surface area contributed by atoms with E-state index < -0.39 is 0 Å². The van der Waals surface area contributed by atoms with Gasteiger partial charge in [0.1, 0.15) is 0 Å². The number of ketones is 1. The topological polar surface area (TPSA) is 68.1 Å². The lowest BCUT2D eigenvalue weighted by atomic mass is 10.0. The fraction of sp³-hybridized carbons (Fsp3) is 0.172. The van der Waals surface area contributed by atoms with Crippen molar-refractivity contribution in [1.82, 2.24) is 14.5 Å². The number of thiazole rings is 1. The van der Waals surface area contributed by atoms with E-state index in [-0.39, 0.29) is 24.1 Å². The molecule has 0 aliphatic rings. The molecule has 37 heavy (non-hydrogen) atoms. The summed E-state index contributed by atoms with van der Waals surface area (Å²) in [5.74, 6) is -0.198. The van der Waals surface area contributed by atoms with Crippen LogP contribution < -0.4 is 4.90 Å². The van der Waals surface area contributed by atoms with Gasteiger partial charge < -0.3 is 4.57 Å². The number of carbonyl (C=O) groups excluding carboxylic acids is 2. The zero-order valence-electron chi connectivity index (χ0n) is 20.6. The second-order valence-electron chi connectivity index (χ2n) is 8.81. The van der Waals surface area contributed by atoms with Crippen molar-refractivity contribution in [2.45, 2.75) is 26.8 Å². The molecule has 0 saturated carbocycles. The van der Waals surface area contributed by atoms with Crippen molar-refractivity contribution in [3.8, 4) is 0 Å². The van der Waals surface area contributed by atoms with Crippen LogP contribution in [0.4, 0.5) is 5.13 Å². The summed E-state index contributed by atoms with van der Waals surface area (Å²) >= 11 is 1.53. The lowest BCUT2D eigenvalue weighted by Gasteiger charge is -2.20. The largest absolute Gasteiger partial charge is 0.337 e. The molecular formula is C29H27ClN4O2S. The molecule has 188 valence electrons. The number of imidazole rings is 1. The number of amides is 1. The first-order valence-corrected chi connectivity index (χ1v) is 12.7. The van der Waals surface area contributed by atoms with E-state index in [0.29, 0.717) is 28.4 Å². The molecule has 8 heteroatoms. The van der Waals surface area contributed by atoms with E-state index in [1.54, 1.807) is 53.8 Å². The molecule has 0 unspecified atom stereocenters. The van der Waals surface area contributed by atoms with Crippen LogP contribution in [0.25, 0.3) is 10.2 Å². The van der Waals surface area contributed by atoms with Gasteiger partial charge in [0, 0.05) is 42.2 Å². The predicted octanol–water partition coefficient (Wildman–Crippen LogP) is 6.50. The third kappa shape index (κ3) is 5.79. The number of hydrogen-bond donors (Lipinski definition) is 0. The van der Waals surface area contributed by atoms with Crippen molar-refractivity contribution in [2.24, 2.45) is 0 Å². The Hall–Kier alpha value is -3.81. The minimum absolute atomic E-state index is 0. The number of halogens is 1. The van der Waals surface area contributed by atoms with Gasteiger partial charge in [-0.15, -0.1) is 12.4 Å². The number of carbonyl (C=O) groups is 2. The van der Waals surface area contributed by atoms with Crippen LogP contribution in [0.1, 0.15) is 43.8 Å². The molecule has 5 rings (SSSR count). The Kier molecular flexibility index (Phi) is 8.16. The average molecular weight is 531 g/mol. The molecule has 6 nitrogen and oxygen atoms in total. The molecular weight excluding hydrogens is 504 g/mol. The zero-order valence-corrected chi connectivity index (χ0v) is 22.3. The summed E-state index contributed by atoms with van der Waals surface area (Å²) < 4.78 is 3.07. The molecule has 2 aromatic heterocycles. The summed E-state index contributed by atoms with van der Waals surface area (Å²) in [4.78, 5) is 37.2. The lowest BCUT2D eigenvalue weighted by Crippen LogP contribution is -2.32. The van der Waals surface area contributed by atoms with Crippen LogP contribution >= 0.6 is 23.7 Å². The van der Waals surface area contributed by atoms with Gasteiger partial charge in [-0.2, -0.15) is 0 Å². The van der Waals surface area contributed by atoms with Crippen LogP contribution in [-0.4, -0.2) is 32.8 Å². The number of fused-ring (bicyclic) bond motifs is 1. The van der Waals surface area contributed by atoms with Crippen molar-refractivity contribution in [1.29, 1.82) is 0 Å². The fourth-order valence-electron chi connectivity index (χ4n) is 4.27. The SMILES string of the molecule is Cc1cc(C)c2nc(N(CCCn3ccnc3)C(=O)c3ccc(C(=O)c4ccccc4)cc3)sc2c1.Cl. The summed E-state index contributed by atoms with van der Waals surface area (Å²) in [5, 5.41) is 0.679. The van der Waals surface area contributed by atoms with Gasteiger partial charge in [0.25, 0.3) is 5.91 Å². The van der Waals surface area contributed by atoms with Crippen LogP contribution in [0.2, 0.25) is 0 Å². The maximum atomic E-state index is 13.7. The Morgan fingerprint density at radius 2 is 1.65 bits per heavy atom. The van der Waals surface area contributed by atoms with Crippen molar-refractivity contribution in [3.63, 3.8) is 0 Å². The van der Waals surface area contributed by atoms with Crippen molar-refractivity contribution in [3.05, 3.63) is 113 Å². The van der Waals surface area contributed by atoms with Gasteiger partial charge in [-0.1, -0.05) is 59.9 Å². The minimum Gasteiger partial charge on any atom is -0.337 e. The van der Waals surface area contributed by atoms with Crippen LogP contribution in [0, 0.1) is 13.8 Å². The molecule has 0 N–H and O–H groups in total. The number of anilines is 1. The summed E-state index contributed by atoms with van der Waals surface area (Å²) in [7, 11) is 0. The third-order valence-corrected chi connectivity index (χ3v) is 7.11. The Labute approximate surface area is 226 Å². The van der Waals surface area contributed by atoms with Gasteiger partial charge in [0.2, 0.25) is 0 Å². The van der Waals surface area contributed by atoms with E-state index >= 15 is 0 Å². The molecule has 0 bridgehead atoms. The number of hydrogen-bond acceptors (Lipinski definition) is 5. The second-order valence-corrected chi connectivity index (χ2v) is 9.82.